The predicted molar refractivity (Wildman–Crippen MR) is 129 cm³/mol. The monoisotopic (exact) mass is 442 g/mol. The van der Waals surface area contributed by atoms with Gasteiger partial charge in [-0.25, -0.2) is 4.79 Å². The minimum absolute atomic E-state index is 0.179. The summed E-state index contributed by atoms with van der Waals surface area (Å²) in [5, 5.41) is 0. The van der Waals surface area contributed by atoms with Crippen LogP contribution in [0.15, 0.2) is 88.5 Å². The van der Waals surface area contributed by atoms with Gasteiger partial charge >= 0.3 is 5.69 Å². The lowest BCUT2D eigenvalue weighted by atomic mass is 10.1. The molecule has 1 aromatic heterocycles. The lowest BCUT2D eigenvalue weighted by Gasteiger charge is -2.16. The van der Waals surface area contributed by atoms with E-state index in [0.717, 1.165) is 33.8 Å². The van der Waals surface area contributed by atoms with E-state index < -0.39 is 0 Å². The maximum absolute atomic E-state index is 13.6. The van der Waals surface area contributed by atoms with Crippen molar-refractivity contribution in [3.63, 3.8) is 0 Å². The number of aryl methyl sites for hydroxylation is 1. The molecule has 4 aromatic rings. The van der Waals surface area contributed by atoms with Crippen molar-refractivity contribution in [3.8, 4) is 22.8 Å². The third kappa shape index (κ3) is 4.90. The second kappa shape index (κ2) is 9.61. The van der Waals surface area contributed by atoms with Crippen molar-refractivity contribution in [3.05, 3.63) is 116 Å². The summed E-state index contributed by atoms with van der Waals surface area (Å²) in [6.07, 6.45) is 0. The summed E-state index contributed by atoms with van der Waals surface area (Å²) >= 11 is 0. The lowest BCUT2D eigenvalue weighted by molar-refractivity contribution is 0.414. The molecular weight excluding hydrogens is 416 g/mol. The third-order valence-corrected chi connectivity index (χ3v) is 5.63. The Balaban J connectivity index is 1.81. The van der Waals surface area contributed by atoms with Gasteiger partial charge in [0.2, 0.25) is 0 Å². The summed E-state index contributed by atoms with van der Waals surface area (Å²) in [5.41, 5.74) is 3.60. The summed E-state index contributed by atoms with van der Waals surface area (Å²) < 4.78 is 13.4. The van der Waals surface area contributed by atoms with Gasteiger partial charge in [-0.3, -0.25) is 13.9 Å². The fraction of sp³-hybridized carbons (Fsp3) is 0.185. The highest BCUT2D eigenvalue weighted by Gasteiger charge is 2.14. The Kier molecular flexibility index (Phi) is 6.45. The molecule has 0 aliphatic carbocycles. The summed E-state index contributed by atoms with van der Waals surface area (Å²) in [6, 6.07) is 24.3. The minimum atomic E-state index is -0.357. The zero-order valence-electron chi connectivity index (χ0n) is 18.9. The number of hydrogen-bond donors (Lipinski definition) is 0. The molecule has 0 fully saturated rings. The second-order valence-corrected chi connectivity index (χ2v) is 7.88. The Bertz CT molecular complexity index is 1350. The van der Waals surface area contributed by atoms with Gasteiger partial charge in [-0.2, -0.15) is 0 Å². The summed E-state index contributed by atoms with van der Waals surface area (Å²) in [6.45, 7) is 2.51. The highest BCUT2D eigenvalue weighted by molar-refractivity contribution is 5.59. The number of benzene rings is 3. The molecule has 0 spiro atoms. The van der Waals surface area contributed by atoms with Crippen LogP contribution in [0.1, 0.15) is 16.7 Å². The van der Waals surface area contributed by atoms with Gasteiger partial charge < -0.3 is 9.47 Å². The first-order chi connectivity index (χ1) is 16.0. The standard InChI is InChI=1S/C27H26N2O4/c1-19-4-10-22(11-5-19)25-16-26(30)29(18-21-8-14-24(33-3)15-9-21)27(31)28(25)17-20-6-12-23(32-2)13-7-20/h4-16H,17-18H2,1-3H3. The van der Waals surface area contributed by atoms with E-state index in [9.17, 15) is 9.59 Å². The van der Waals surface area contributed by atoms with Crippen molar-refractivity contribution >= 4 is 0 Å². The van der Waals surface area contributed by atoms with E-state index in [-0.39, 0.29) is 17.8 Å². The molecular formula is C27H26N2O4. The summed E-state index contributed by atoms with van der Waals surface area (Å²) in [7, 11) is 3.21. The van der Waals surface area contributed by atoms with E-state index in [4.69, 9.17) is 9.47 Å². The van der Waals surface area contributed by atoms with Crippen molar-refractivity contribution < 1.29 is 9.47 Å². The van der Waals surface area contributed by atoms with Gasteiger partial charge in [0.25, 0.3) is 5.56 Å². The summed E-state index contributed by atoms with van der Waals surface area (Å²) in [5.74, 6) is 1.46. The van der Waals surface area contributed by atoms with Gasteiger partial charge in [-0.05, 0) is 47.9 Å². The zero-order valence-corrected chi connectivity index (χ0v) is 18.9. The molecule has 0 saturated carbocycles. The highest BCUT2D eigenvalue weighted by Crippen LogP contribution is 2.20. The first-order valence-corrected chi connectivity index (χ1v) is 10.7. The average Bonchev–Trinajstić information content (AvgIpc) is 2.84. The van der Waals surface area contributed by atoms with Gasteiger partial charge in [0.15, 0.2) is 0 Å². The molecule has 0 bridgehead atoms. The molecule has 4 rings (SSSR count). The number of aromatic nitrogens is 2. The second-order valence-electron chi connectivity index (χ2n) is 7.88. The van der Waals surface area contributed by atoms with Gasteiger partial charge in [0.1, 0.15) is 11.5 Å². The fourth-order valence-electron chi connectivity index (χ4n) is 3.70. The van der Waals surface area contributed by atoms with E-state index in [1.54, 1.807) is 24.9 Å². The number of methoxy groups -OCH3 is 2. The molecule has 0 atom stereocenters. The molecule has 0 unspecified atom stereocenters. The van der Waals surface area contributed by atoms with Crippen molar-refractivity contribution in [1.82, 2.24) is 9.13 Å². The third-order valence-electron chi connectivity index (χ3n) is 5.63. The van der Waals surface area contributed by atoms with Crippen LogP contribution in [-0.2, 0) is 13.1 Å². The number of ether oxygens (including phenoxy) is 2. The van der Waals surface area contributed by atoms with Gasteiger partial charge in [0, 0.05) is 6.07 Å². The molecule has 0 amide bonds. The van der Waals surface area contributed by atoms with Crippen molar-refractivity contribution in [2.24, 2.45) is 0 Å². The van der Waals surface area contributed by atoms with Crippen LogP contribution in [0, 0.1) is 6.92 Å². The Hall–Kier alpha value is -4.06. The van der Waals surface area contributed by atoms with Crippen LogP contribution in [0.25, 0.3) is 11.3 Å². The van der Waals surface area contributed by atoms with Crippen LogP contribution in [0.5, 0.6) is 11.5 Å². The van der Waals surface area contributed by atoms with Gasteiger partial charge in [-0.15, -0.1) is 0 Å². The summed E-state index contributed by atoms with van der Waals surface area (Å²) in [4.78, 5) is 26.6. The van der Waals surface area contributed by atoms with E-state index in [0.29, 0.717) is 12.2 Å². The Morgan fingerprint density at radius 3 is 1.64 bits per heavy atom. The van der Waals surface area contributed by atoms with Crippen LogP contribution < -0.4 is 20.7 Å². The van der Waals surface area contributed by atoms with Crippen molar-refractivity contribution in [2.45, 2.75) is 20.0 Å². The van der Waals surface area contributed by atoms with E-state index in [1.165, 1.54) is 4.57 Å². The first kappa shape index (κ1) is 22.1. The molecule has 6 heteroatoms. The van der Waals surface area contributed by atoms with Gasteiger partial charge in [-0.1, -0.05) is 54.1 Å². The van der Waals surface area contributed by atoms with Crippen LogP contribution in [0.4, 0.5) is 0 Å². The largest absolute Gasteiger partial charge is 0.497 e. The molecule has 33 heavy (non-hydrogen) atoms. The quantitative estimate of drug-likeness (QED) is 0.432. The smallest absolute Gasteiger partial charge is 0.332 e. The Morgan fingerprint density at radius 1 is 0.667 bits per heavy atom. The van der Waals surface area contributed by atoms with E-state index >= 15 is 0 Å². The Morgan fingerprint density at radius 2 is 1.15 bits per heavy atom. The topological polar surface area (TPSA) is 62.5 Å². The molecule has 0 N–H and O–H groups in total. The molecule has 168 valence electrons. The van der Waals surface area contributed by atoms with Crippen molar-refractivity contribution in [2.75, 3.05) is 14.2 Å². The van der Waals surface area contributed by atoms with Crippen LogP contribution in [0.3, 0.4) is 0 Å². The lowest BCUT2D eigenvalue weighted by Crippen LogP contribution is -2.40. The zero-order chi connectivity index (χ0) is 23.4. The molecule has 0 saturated heterocycles. The van der Waals surface area contributed by atoms with Crippen molar-refractivity contribution in [1.29, 1.82) is 0 Å². The SMILES string of the molecule is COc1ccc(Cn2c(-c3ccc(C)cc3)cc(=O)n(Cc3ccc(OC)cc3)c2=O)cc1. The maximum atomic E-state index is 13.6. The maximum Gasteiger partial charge on any atom is 0.332 e. The van der Waals surface area contributed by atoms with E-state index in [2.05, 4.69) is 0 Å². The van der Waals surface area contributed by atoms with Crippen LogP contribution >= 0.6 is 0 Å². The predicted octanol–water partition coefficient (Wildman–Crippen LogP) is 4.10. The van der Waals surface area contributed by atoms with Crippen LogP contribution in [0.2, 0.25) is 0 Å². The average molecular weight is 443 g/mol. The molecule has 0 radical (unpaired) electrons. The number of rotatable bonds is 7. The molecule has 3 aromatic carbocycles. The molecule has 6 nitrogen and oxygen atoms in total. The highest BCUT2D eigenvalue weighted by atomic mass is 16.5. The Labute approximate surface area is 192 Å². The molecule has 0 aliphatic rings. The number of hydrogen-bond acceptors (Lipinski definition) is 4. The molecule has 1 heterocycles. The first-order valence-electron chi connectivity index (χ1n) is 10.7. The van der Waals surface area contributed by atoms with Gasteiger partial charge in [0.05, 0.1) is 33.0 Å². The van der Waals surface area contributed by atoms with E-state index in [1.807, 2.05) is 79.7 Å². The minimum Gasteiger partial charge on any atom is -0.497 e. The fourth-order valence-corrected chi connectivity index (χ4v) is 3.70. The number of nitrogens with zero attached hydrogens (tertiary/aromatic N) is 2. The molecule has 0 aliphatic heterocycles. The normalized spacial score (nSPS) is 10.8. The van der Waals surface area contributed by atoms with Crippen LogP contribution in [-0.4, -0.2) is 23.4 Å².